The molecule has 3 saturated carbocycles. The maximum atomic E-state index is 13.3. The number of aliphatic hydroxyl groups is 1. The van der Waals surface area contributed by atoms with E-state index in [9.17, 15) is 14.7 Å². The van der Waals surface area contributed by atoms with Gasteiger partial charge in [-0.25, -0.2) is 0 Å². The average molecular weight is 457 g/mol. The van der Waals surface area contributed by atoms with Crippen LogP contribution in [-0.4, -0.2) is 40.3 Å². The summed E-state index contributed by atoms with van der Waals surface area (Å²) >= 11 is 0. The summed E-state index contributed by atoms with van der Waals surface area (Å²) in [5, 5.41) is 11.9. The molecule has 6 rings (SSSR count). The molecule has 4 aliphatic carbocycles. The van der Waals surface area contributed by atoms with Crippen LogP contribution in [-0.2, 0) is 19.1 Å². The number of cyclic esters (lactones) is 1. The first kappa shape index (κ1) is 22.3. The first-order valence-electron chi connectivity index (χ1n) is 13.3. The van der Waals surface area contributed by atoms with Crippen molar-refractivity contribution in [2.24, 2.45) is 46.3 Å². The Labute approximate surface area is 197 Å². The molecule has 2 aliphatic heterocycles. The summed E-state index contributed by atoms with van der Waals surface area (Å²) in [7, 11) is 0. The third kappa shape index (κ3) is 2.62. The number of epoxide rings is 1. The Kier molecular flexibility index (Phi) is 4.54. The molecule has 5 nitrogen and oxygen atoms in total. The van der Waals surface area contributed by atoms with Crippen molar-refractivity contribution in [3.63, 3.8) is 0 Å². The van der Waals surface area contributed by atoms with E-state index >= 15 is 0 Å². The van der Waals surface area contributed by atoms with Crippen LogP contribution >= 0.6 is 0 Å². The van der Waals surface area contributed by atoms with Gasteiger partial charge in [0.2, 0.25) is 0 Å². The maximum Gasteiger partial charge on any atom is 0.309 e. The Bertz CT molecular complexity index is 923. The highest BCUT2D eigenvalue weighted by molar-refractivity contribution is 5.97. The first-order valence-corrected chi connectivity index (χ1v) is 13.3. The fourth-order valence-corrected chi connectivity index (χ4v) is 9.72. The minimum Gasteiger partial charge on any atom is -0.459 e. The van der Waals surface area contributed by atoms with Crippen LogP contribution in [0.2, 0.25) is 0 Å². The Morgan fingerprint density at radius 1 is 1.09 bits per heavy atom. The Morgan fingerprint density at radius 2 is 1.85 bits per heavy atom. The van der Waals surface area contributed by atoms with Crippen LogP contribution in [0.5, 0.6) is 0 Å². The van der Waals surface area contributed by atoms with E-state index in [1.165, 1.54) is 0 Å². The highest BCUT2D eigenvalue weighted by Crippen LogP contribution is 2.73. The van der Waals surface area contributed by atoms with Crippen LogP contribution in [0.3, 0.4) is 0 Å². The smallest absolute Gasteiger partial charge is 0.309 e. The van der Waals surface area contributed by atoms with Gasteiger partial charge in [-0.2, -0.15) is 0 Å². The predicted octanol–water partition coefficient (Wildman–Crippen LogP) is 4.46. The third-order valence-corrected chi connectivity index (χ3v) is 12.0. The second-order valence-electron chi connectivity index (χ2n) is 13.1. The fourth-order valence-electron chi connectivity index (χ4n) is 9.72. The van der Waals surface area contributed by atoms with E-state index in [2.05, 4.69) is 20.8 Å². The van der Waals surface area contributed by atoms with Crippen molar-refractivity contribution in [2.75, 3.05) is 0 Å². The second kappa shape index (κ2) is 6.72. The van der Waals surface area contributed by atoms with Crippen molar-refractivity contribution in [1.82, 2.24) is 0 Å². The number of carbonyl (C=O) groups is 2. The van der Waals surface area contributed by atoms with Gasteiger partial charge in [-0.15, -0.1) is 0 Å². The van der Waals surface area contributed by atoms with Crippen LogP contribution in [0, 0.1) is 46.3 Å². The second-order valence-corrected chi connectivity index (χ2v) is 13.1. The summed E-state index contributed by atoms with van der Waals surface area (Å²) in [6.45, 7) is 10.5. The number of ketones is 1. The summed E-state index contributed by atoms with van der Waals surface area (Å²) in [5.74, 6) is 1.57. The number of allylic oxidation sites excluding steroid dienone is 1. The summed E-state index contributed by atoms with van der Waals surface area (Å²) in [4.78, 5) is 25.8. The van der Waals surface area contributed by atoms with Gasteiger partial charge in [-0.1, -0.05) is 26.8 Å². The van der Waals surface area contributed by atoms with Gasteiger partial charge in [-0.05, 0) is 99.9 Å². The lowest BCUT2D eigenvalue weighted by Crippen LogP contribution is -2.61. The van der Waals surface area contributed by atoms with Crippen LogP contribution in [0.25, 0.3) is 0 Å². The van der Waals surface area contributed by atoms with E-state index in [0.29, 0.717) is 17.8 Å². The van der Waals surface area contributed by atoms with E-state index in [1.807, 2.05) is 26.0 Å². The molecule has 2 saturated heterocycles. The van der Waals surface area contributed by atoms with E-state index in [1.54, 1.807) is 0 Å². The molecule has 12 atom stereocenters. The molecule has 0 bridgehead atoms. The molecule has 6 aliphatic rings. The van der Waals surface area contributed by atoms with Gasteiger partial charge < -0.3 is 14.6 Å². The molecule has 5 fully saturated rings. The minimum atomic E-state index is -1.04. The van der Waals surface area contributed by atoms with Gasteiger partial charge in [0, 0.05) is 0 Å². The lowest BCUT2D eigenvalue weighted by Gasteiger charge is -2.58. The largest absolute Gasteiger partial charge is 0.459 e. The standard InChI is InChI=1S/C28H40O5/c1-15-13-22(32-24(30)16(15)2)27(5,31)20-9-8-18-17-14-23-28(33-23)11-6-7-21(29)26(28,4)19(17)10-12-25(18,20)3/h6-7,15-20,22-23,31H,8-14H2,1-5H3/t15-,16+,17?,18?,19?,20?,22?,23+,25-,26-,27+,28+/m0/s1. The first-order chi connectivity index (χ1) is 15.5. The molecule has 1 spiro atoms. The number of rotatable bonds is 2. The quantitative estimate of drug-likeness (QED) is 0.490. The highest BCUT2D eigenvalue weighted by Gasteiger charge is 2.77. The molecule has 0 aromatic carbocycles. The monoisotopic (exact) mass is 456 g/mol. The van der Waals surface area contributed by atoms with Crippen molar-refractivity contribution in [1.29, 1.82) is 0 Å². The van der Waals surface area contributed by atoms with Crippen LogP contribution in [0.1, 0.15) is 79.6 Å². The summed E-state index contributed by atoms with van der Waals surface area (Å²) < 4.78 is 12.2. The van der Waals surface area contributed by atoms with Crippen LogP contribution < -0.4 is 0 Å². The molecule has 33 heavy (non-hydrogen) atoms. The average Bonchev–Trinajstić information content (AvgIpc) is 3.34. The summed E-state index contributed by atoms with van der Waals surface area (Å²) in [5.41, 5.74) is -1.73. The van der Waals surface area contributed by atoms with Gasteiger partial charge in [0.1, 0.15) is 17.3 Å². The van der Waals surface area contributed by atoms with E-state index in [0.717, 1.165) is 44.9 Å². The molecule has 2 heterocycles. The molecule has 1 N–H and O–H groups in total. The zero-order valence-corrected chi connectivity index (χ0v) is 20.8. The van der Waals surface area contributed by atoms with Gasteiger partial charge in [0.05, 0.1) is 17.4 Å². The number of hydrogen-bond acceptors (Lipinski definition) is 5. The third-order valence-electron chi connectivity index (χ3n) is 12.0. The summed E-state index contributed by atoms with van der Waals surface area (Å²) in [6.07, 6.45) is 10.3. The topological polar surface area (TPSA) is 76.1 Å². The minimum absolute atomic E-state index is 0.0117. The molecular formula is C28H40O5. The van der Waals surface area contributed by atoms with Crippen molar-refractivity contribution >= 4 is 11.8 Å². The zero-order chi connectivity index (χ0) is 23.6. The van der Waals surface area contributed by atoms with Crippen molar-refractivity contribution in [2.45, 2.75) is 103 Å². The molecule has 0 amide bonds. The van der Waals surface area contributed by atoms with E-state index in [4.69, 9.17) is 9.47 Å². The number of esters is 1. The number of fused-ring (bicyclic) bond motifs is 4. The van der Waals surface area contributed by atoms with Gasteiger partial charge >= 0.3 is 5.97 Å². The van der Waals surface area contributed by atoms with E-state index < -0.39 is 17.1 Å². The highest BCUT2D eigenvalue weighted by atomic mass is 16.6. The Hall–Kier alpha value is -1.20. The van der Waals surface area contributed by atoms with Gasteiger partial charge in [0.15, 0.2) is 5.78 Å². The zero-order valence-electron chi connectivity index (χ0n) is 20.8. The van der Waals surface area contributed by atoms with Crippen molar-refractivity contribution in [3.05, 3.63) is 12.2 Å². The van der Waals surface area contributed by atoms with E-state index in [-0.39, 0.29) is 46.6 Å². The van der Waals surface area contributed by atoms with Gasteiger partial charge in [-0.3, -0.25) is 9.59 Å². The lowest BCUT2D eigenvalue weighted by molar-refractivity contribution is -0.201. The number of hydrogen-bond donors (Lipinski definition) is 1. The lowest BCUT2D eigenvalue weighted by atomic mass is 9.44. The summed E-state index contributed by atoms with van der Waals surface area (Å²) in [6, 6.07) is 0. The fraction of sp³-hybridized carbons (Fsp3) is 0.857. The normalized spacial score (nSPS) is 56.7. The molecular weight excluding hydrogens is 416 g/mol. The SMILES string of the molecule is C[C@H]1CC([C@](C)(O)C2CCC3C4C[C@H]5O[C@]56CC=CC(=O)[C@]6(C)C4CC[C@@]32C)OC(=O)[C@@H]1C. The Morgan fingerprint density at radius 3 is 2.58 bits per heavy atom. The van der Waals surface area contributed by atoms with Crippen molar-refractivity contribution < 1.29 is 24.2 Å². The van der Waals surface area contributed by atoms with Crippen molar-refractivity contribution in [3.8, 4) is 0 Å². The maximum absolute atomic E-state index is 13.3. The molecule has 5 unspecified atom stereocenters. The molecule has 5 heteroatoms. The molecule has 182 valence electrons. The Balaban J connectivity index is 1.29. The molecule has 0 radical (unpaired) electrons. The van der Waals surface area contributed by atoms with Crippen LogP contribution in [0.4, 0.5) is 0 Å². The number of ether oxygens (including phenoxy) is 2. The molecule has 0 aromatic rings. The van der Waals surface area contributed by atoms with Gasteiger partial charge in [0.25, 0.3) is 0 Å². The number of carbonyl (C=O) groups excluding carboxylic acids is 2. The molecule has 0 aromatic heterocycles. The predicted molar refractivity (Wildman–Crippen MR) is 123 cm³/mol. The van der Waals surface area contributed by atoms with Crippen LogP contribution in [0.15, 0.2) is 12.2 Å².